The second-order valence-electron chi connectivity index (χ2n) is 7.10. The van der Waals surface area contributed by atoms with Gasteiger partial charge in [-0.3, -0.25) is 9.59 Å². The fourth-order valence-corrected chi connectivity index (χ4v) is 2.93. The molecule has 0 unspecified atom stereocenters. The monoisotopic (exact) mass is 340 g/mol. The minimum Gasteiger partial charge on any atom is -0.367 e. The summed E-state index contributed by atoms with van der Waals surface area (Å²) in [5, 5.41) is 5.23. The number of benzene rings is 1. The summed E-state index contributed by atoms with van der Waals surface area (Å²) < 4.78 is 31.9. The molecule has 0 aliphatic carbocycles. The Balaban J connectivity index is 1.89. The maximum Gasteiger partial charge on any atom is 0.251 e. The molecule has 1 saturated heterocycles. The van der Waals surface area contributed by atoms with Crippen molar-refractivity contribution in [1.82, 2.24) is 10.6 Å². The number of nitrogens with one attached hydrogen (secondary N) is 2. The fraction of sp³-hybridized carbons (Fsp3) is 0.529. The van der Waals surface area contributed by atoms with Gasteiger partial charge in [-0.25, -0.2) is 8.78 Å². The van der Waals surface area contributed by atoms with Crippen molar-refractivity contribution in [1.29, 1.82) is 0 Å². The number of rotatable bonds is 4. The van der Waals surface area contributed by atoms with E-state index in [1.54, 1.807) is 0 Å². The Morgan fingerprint density at radius 1 is 1.21 bits per heavy atom. The molecule has 2 rings (SSSR count). The van der Waals surface area contributed by atoms with Gasteiger partial charge >= 0.3 is 0 Å². The molecule has 132 valence electrons. The third-order valence-corrected chi connectivity index (χ3v) is 4.00. The average molecular weight is 340 g/mol. The molecule has 1 aliphatic rings. The lowest BCUT2D eigenvalue weighted by molar-refractivity contribution is -0.122. The van der Waals surface area contributed by atoms with E-state index >= 15 is 0 Å². The van der Waals surface area contributed by atoms with Crippen molar-refractivity contribution in [2.24, 2.45) is 0 Å². The van der Waals surface area contributed by atoms with E-state index in [-0.39, 0.29) is 29.7 Å². The van der Waals surface area contributed by atoms with Crippen LogP contribution in [0, 0.1) is 11.6 Å². The van der Waals surface area contributed by atoms with Crippen molar-refractivity contribution in [3.05, 3.63) is 35.4 Å². The van der Waals surface area contributed by atoms with E-state index in [9.17, 15) is 18.4 Å². The Hall–Kier alpha value is -2.02. The number of ether oxygens (including phenoxy) is 1. The molecule has 5 nitrogen and oxygen atoms in total. The summed E-state index contributed by atoms with van der Waals surface area (Å²) in [5.74, 6) is -3.16. The van der Waals surface area contributed by atoms with Crippen LogP contribution in [0.3, 0.4) is 0 Å². The van der Waals surface area contributed by atoms with Gasteiger partial charge in [0.05, 0.1) is 23.8 Å². The second kappa shape index (κ2) is 6.47. The minimum absolute atomic E-state index is 0.0487. The van der Waals surface area contributed by atoms with Gasteiger partial charge in [-0.05, 0) is 52.3 Å². The molecule has 7 heteroatoms. The quantitative estimate of drug-likeness (QED) is 0.883. The molecule has 2 amide bonds. The van der Waals surface area contributed by atoms with Crippen molar-refractivity contribution in [3.63, 3.8) is 0 Å². The first-order chi connectivity index (χ1) is 11.0. The zero-order chi connectivity index (χ0) is 18.1. The van der Waals surface area contributed by atoms with E-state index in [2.05, 4.69) is 10.6 Å². The van der Waals surface area contributed by atoms with Crippen LogP contribution >= 0.6 is 0 Å². The van der Waals surface area contributed by atoms with Gasteiger partial charge in [-0.1, -0.05) is 0 Å². The molecule has 1 aromatic rings. The van der Waals surface area contributed by atoms with Crippen molar-refractivity contribution in [2.45, 2.75) is 51.4 Å². The van der Waals surface area contributed by atoms with Gasteiger partial charge in [0.1, 0.15) is 0 Å². The summed E-state index contributed by atoms with van der Waals surface area (Å²) >= 11 is 0. The van der Waals surface area contributed by atoms with Gasteiger partial charge in [0.2, 0.25) is 5.91 Å². The number of halogens is 2. The molecule has 1 aromatic carbocycles. The summed E-state index contributed by atoms with van der Waals surface area (Å²) in [6, 6.07) is 2.63. The topological polar surface area (TPSA) is 67.4 Å². The third kappa shape index (κ3) is 4.29. The molecule has 0 bridgehead atoms. The second-order valence-corrected chi connectivity index (χ2v) is 7.10. The van der Waals surface area contributed by atoms with E-state index in [0.717, 1.165) is 18.2 Å². The lowest BCUT2D eigenvalue weighted by Crippen LogP contribution is -2.49. The van der Waals surface area contributed by atoms with Crippen LogP contribution in [-0.2, 0) is 9.53 Å². The Kier molecular flexibility index (Phi) is 4.94. The predicted octanol–water partition coefficient (Wildman–Crippen LogP) is 2.16. The zero-order valence-corrected chi connectivity index (χ0v) is 14.2. The Morgan fingerprint density at radius 2 is 1.88 bits per heavy atom. The van der Waals surface area contributed by atoms with Crippen LogP contribution < -0.4 is 10.6 Å². The van der Waals surface area contributed by atoms with E-state index in [0.29, 0.717) is 6.42 Å². The summed E-state index contributed by atoms with van der Waals surface area (Å²) in [4.78, 5) is 23.9. The van der Waals surface area contributed by atoms with Gasteiger partial charge < -0.3 is 15.4 Å². The maximum atomic E-state index is 13.1. The van der Waals surface area contributed by atoms with Crippen molar-refractivity contribution in [3.8, 4) is 0 Å². The zero-order valence-electron chi connectivity index (χ0n) is 14.2. The van der Waals surface area contributed by atoms with Crippen LogP contribution in [0.5, 0.6) is 0 Å². The van der Waals surface area contributed by atoms with Gasteiger partial charge in [0.15, 0.2) is 11.6 Å². The molecule has 0 saturated carbocycles. The Morgan fingerprint density at radius 3 is 2.42 bits per heavy atom. The molecule has 1 atom stereocenters. The Labute approximate surface area is 139 Å². The number of carbonyl (C=O) groups excluding carboxylic acids is 2. The van der Waals surface area contributed by atoms with Gasteiger partial charge in [-0.2, -0.15) is 0 Å². The maximum absolute atomic E-state index is 13.1. The van der Waals surface area contributed by atoms with Crippen LogP contribution in [0.15, 0.2) is 18.2 Å². The minimum atomic E-state index is -1.11. The van der Waals surface area contributed by atoms with Gasteiger partial charge in [0, 0.05) is 5.56 Å². The molecule has 1 aliphatic heterocycles. The number of amides is 2. The highest BCUT2D eigenvalue weighted by atomic mass is 19.2. The average Bonchev–Trinajstić information content (AvgIpc) is 2.66. The number of hydrogen-bond acceptors (Lipinski definition) is 3. The van der Waals surface area contributed by atoms with E-state index in [1.165, 1.54) is 0 Å². The standard InChI is InChI=1S/C17H22F2N2O3/c1-16(2)8-13(17(3,4)24-16)21-14(22)9-20-15(23)10-5-6-11(18)12(19)7-10/h5-7,13H,8-9H2,1-4H3,(H,20,23)(H,21,22)/t13-/m1/s1. The molecule has 0 radical (unpaired) electrons. The summed E-state index contributed by atoms with van der Waals surface area (Å²) in [5.41, 5.74) is -0.896. The van der Waals surface area contributed by atoms with E-state index < -0.39 is 23.1 Å². The van der Waals surface area contributed by atoms with Crippen LogP contribution in [0.1, 0.15) is 44.5 Å². The number of hydrogen-bond donors (Lipinski definition) is 2. The van der Waals surface area contributed by atoms with Crippen LogP contribution in [0.4, 0.5) is 8.78 Å². The van der Waals surface area contributed by atoms with E-state index in [4.69, 9.17) is 4.74 Å². The lowest BCUT2D eigenvalue weighted by atomic mass is 9.94. The summed E-state index contributed by atoms with van der Waals surface area (Å²) in [6.07, 6.45) is 0.656. The first kappa shape index (κ1) is 18.3. The third-order valence-electron chi connectivity index (χ3n) is 4.00. The molecular weight excluding hydrogens is 318 g/mol. The van der Waals surface area contributed by atoms with Crippen molar-refractivity contribution < 1.29 is 23.1 Å². The normalized spacial score (nSPS) is 21.3. The van der Waals surface area contributed by atoms with Crippen LogP contribution in [-0.4, -0.2) is 35.6 Å². The highest BCUT2D eigenvalue weighted by molar-refractivity contribution is 5.96. The first-order valence-electron chi connectivity index (χ1n) is 7.73. The fourth-order valence-electron chi connectivity index (χ4n) is 2.93. The predicted molar refractivity (Wildman–Crippen MR) is 84.5 cm³/mol. The van der Waals surface area contributed by atoms with Crippen molar-refractivity contribution in [2.75, 3.05) is 6.54 Å². The molecule has 2 N–H and O–H groups in total. The highest BCUT2D eigenvalue weighted by Crippen LogP contribution is 2.37. The van der Waals surface area contributed by atoms with Crippen molar-refractivity contribution >= 4 is 11.8 Å². The molecule has 1 heterocycles. The molecular formula is C17H22F2N2O3. The molecule has 0 aromatic heterocycles. The number of carbonyl (C=O) groups is 2. The van der Waals surface area contributed by atoms with Crippen LogP contribution in [0.25, 0.3) is 0 Å². The van der Waals surface area contributed by atoms with Gasteiger partial charge in [0.25, 0.3) is 5.91 Å². The smallest absolute Gasteiger partial charge is 0.251 e. The first-order valence-corrected chi connectivity index (χ1v) is 7.73. The summed E-state index contributed by atoms with van der Waals surface area (Å²) in [7, 11) is 0. The highest BCUT2D eigenvalue weighted by Gasteiger charge is 2.46. The lowest BCUT2D eigenvalue weighted by Gasteiger charge is -2.27. The van der Waals surface area contributed by atoms with E-state index in [1.807, 2.05) is 27.7 Å². The summed E-state index contributed by atoms with van der Waals surface area (Å²) in [6.45, 7) is 7.43. The van der Waals surface area contributed by atoms with Gasteiger partial charge in [-0.15, -0.1) is 0 Å². The Bertz CT molecular complexity index is 659. The molecule has 24 heavy (non-hydrogen) atoms. The SMILES string of the molecule is CC1(C)C[C@@H](NC(=O)CNC(=O)c2ccc(F)c(F)c2)C(C)(C)O1. The van der Waals surface area contributed by atoms with Crippen LogP contribution in [0.2, 0.25) is 0 Å². The molecule has 0 spiro atoms. The largest absolute Gasteiger partial charge is 0.367 e. The molecule has 1 fully saturated rings.